The number of aliphatic hydroxyl groups excluding tert-OH is 2. The maximum Gasteiger partial charge on any atom is 0.585 e. The molecule has 194 valence electrons. The van der Waals surface area contributed by atoms with Crippen LogP contribution < -0.4 is 9.84 Å². The van der Waals surface area contributed by atoms with E-state index in [-0.39, 0.29) is 29.7 Å². The lowest BCUT2D eigenvalue weighted by Crippen LogP contribution is -2.33. The molecule has 0 radical (unpaired) electrons. The predicted molar refractivity (Wildman–Crippen MR) is 137 cm³/mol. The van der Waals surface area contributed by atoms with Crippen LogP contribution in [0.2, 0.25) is 5.15 Å². The van der Waals surface area contributed by atoms with Crippen molar-refractivity contribution in [1.82, 2.24) is 9.55 Å². The number of aliphatic hydroxyl groups is 2. The molecule has 3 heterocycles. The van der Waals surface area contributed by atoms with Crippen LogP contribution in [-0.4, -0.2) is 57.1 Å². The van der Waals surface area contributed by atoms with E-state index in [1.807, 2.05) is 6.07 Å². The fourth-order valence-electron chi connectivity index (χ4n) is 4.84. The van der Waals surface area contributed by atoms with Crippen molar-refractivity contribution in [1.29, 1.82) is 5.26 Å². The number of benzene rings is 1. The molecule has 0 spiro atoms. The highest BCUT2D eigenvalue weighted by Gasteiger charge is 2.44. The smallest absolute Gasteiger partial charge is 0.387 e. The van der Waals surface area contributed by atoms with Gasteiger partial charge in [-0.3, -0.25) is 4.52 Å². The number of hydrogen-bond acceptors (Lipinski definition) is 9. The van der Waals surface area contributed by atoms with E-state index in [0.29, 0.717) is 22.5 Å². The van der Waals surface area contributed by atoms with Gasteiger partial charge in [-0.25, -0.2) is 4.98 Å². The molecule has 5 atom stereocenters. The van der Waals surface area contributed by atoms with Crippen molar-refractivity contribution in [3.8, 4) is 11.8 Å². The predicted octanol–water partition coefficient (Wildman–Crippen LogP) is 4.33. The molecule has 1 saturated carbocycles. The number of para-hydroxylation sites is 1. The summed E-state index contributed by atoms with van der Waals surface area (Å²) in [6.45, 7) is -0.103. The minimum absolute atomic E-state index is 0.0468. The van der Waals surface area contributed by atoms with Gasteiger partial charge in [0.1, 0.15) is 35.6 Å². The standard InChI is InChI=1S/C25H27ClN4O6P/c26-23-18(12-27)20(28-15-6-4-5-7-15)17-10-11-30(24(17)29-23)25-22(32)21(31)19(35-25)13-34-14-37(33)36-16-8-2-1-3-9-16/h1-3,8-11,15,19,21-22,25,31-32H,4-7,13-14H2,(H,28,29)/q+1/t19-,21-,22-,25-/m1/s1. The van der Waals surface area contributed by atoms with E-state index in [9.17, 15) is 20.0 Å². The lowest BCUT2D eigenvalue weighted by atomic mass is 10.1. The normalized spacial score (nSPS) is 24.3. The van der Waals surface area contributed by atoms with Crippen LogP contribution in [0.1, 0.15) is 37.5 Å². The molecule has 0 bridgehead atoms. The second kappa shape index (κ2) is 11.3. The van der Waals surface area contributed by atoms with Crippen LogP contribution in [0.15, 0.2) is 42.6 Å². The number of anilines is 1. The zero-order chi connectivity index (χ0) is 25.9. The number of nitrogens with zero attached hydrogens (tertiary/aromatic N) is 3. The molecule has 2 fully saturated rings. The molecular formula is C25H27ClN4O6P+. The number of pyridine rings is 1. The van der Waals surface area contributed by atoms with E-state index in [1.54, 1.807) is 41.1 Å². The maximum absolute atomic E-state index is 12.2. The Morgan fingerprint density at radius 3 is 2.70 bits per heavy atom. The van der Waals surface area contributed by atoms with Crippen molar-refractivity contribution in [3.05, 3.63) is 53.3 Å². The second-order valence-electron chi connectivity index (χ2n) is 9.13. The molecule has 2 aliphatic rings. The van der Waals surface area contributed by atoms with E-state index >= 15 is 0 Å². The Morgan fingerprint density at radius 1 is 1.22 bits per heavy atom. The fourth-order valence-corrected chi connectivity index (χ4v) is 5.72. The molecule has 1 aromatic carbocycles. The summed E-state index contributed by atoms with van der Waals surface area (Å²) in [6, 6.07) is 12.9. The minimum atomic E-state index is -2.13. The summed E-state index contributed by atoms with van der Waals surface area (Å²) in [5.74, 6) is 0.465. The Hall–Kier alpha value is -2.77. The number of hydrogen-bond donors (Lipinski definition) is 3. The lowest BCUT2D eigenvalue weighted by Gasteiger charge is -2.19. The molecule has 3 aromatic rings. The molecule has 1 saturated heterocycles. The van der Waals surface area contributed by atoms with Crippen molar-refractivity contribution >= 4 is 36.3 Å². The highest BCUT2D eigenvalue weighted by molar-refractivity contribution is 7.39. The van der Waals surface area contributed by atoms with Crippen LogP contribution in [0.5, 0.6) is 5.75 Å². The van der Waals surface area contributed by atoms with Gasteiger partial charge in [-0.2, -0.15) is 5.26 Å². The van der Waals surface area contributed by atoms with Gasteiger partial charge >= 0.3 is 8.03 Å². The van der Waals surface area contributed by atoms with Crippen LogP contribution in [0.4, 0.5) is 5.69 Å². The summed E-state index contributed by atoms with van der Waals surface area (Å²) in [4.78, 5) is 4.40. The third kappa shape index (κ3) is 5.43. The molecule has 1 aliphatic carbocycles. The van der Waals surface area contributed by atoms with Gasteiger partial charge in [0, 0.05) is 17.6 Å². The number of rotatable bonds is 9. The van der Waals surface area contributed by atoms with Crippen molar-refractivity contribution in [2.75, 3.05) is 18.3 Å². The summed E-state index contributed by atoms with van der Waals surface area (Å²) in [7, 11) is -2.13. The molecule has 5 rings (SSSR count). The molecule has 2 aromatic heterocycles. The first-order valence-corrected chi connectivity index (χ1v) is 13.8. The van der Waals surface area contributed by atoms with Crippen molar-refractivity contribution in [3.63, 3.8) is 0 Å². The minimum Gasteiger partial charge on any atom is -0.387 e. The molecular weight excluding hydrogens is 519 g/mol. The monoisotopic (exact) mass is 545 g/mol. The van der Waals surface area contributed by atoms with Crippen molar-refractivity contribution < 1.29 is 28.8 Å². The summed E-state index contributed by atoms with van der Waals surface area (Å²) < 4.78 is 30.5. The van der Waals surface area contributed by atoms with E-state index in [2.05, 4.69) is 16.4 Å². The number of nitrogens with one attached hydrogen (secondary N) is 1. The van der Waals surface area contributed by atoms with Crippen LogP contribution in [0.3, 0.4) is 0 Å². The first-order valence-electron chi connectivity index (χ1n) is 12.1. The van der Waals surface area contributed by atoms with Crippen LogP contribution in [0.25, 0.3) is 11.0 Å². The second-order valence-corrected chi connectivity index (χ2v) is 10.6. The van der Waals surface area contributed by atoms with Gasteiger partial charge in [-0.15, -0.1) is 0 Å². The molecule has 1 aliphatic heterocycles. The number of halogens is 1. The van der Waals surface area contributed by atoms with Gasteiger partial charge in [0.15, 0.2) is 17.1 Å². The molecule has 10 nitrogen and oxygen atoms in total. The number of nitriles is 1. The quantitative estimate of drug-likeness (QED) is 0.265. The summed E-state index contributed by atoms with van der Waals surface area (Å²) in [5.41, 5.74) is 1.30. The molecule has 12 heteroatoms. The zero-order valence-corrected chi connectivity index (χ0v) is 21.5. The van der Waals surface area contributed by atoms with Crippen molar-refractivity contribution in [2.24, 2.45) is 0 Å². The SMILES string of the molecule is N#Cc1c(Cl)nc2c(ccn2[C@@H]2O[C@H](COC[P+](=O)Oc3ccccc3)[C@@H](O)[C@H]2O)c1NC1CCCC1. The van der Waals surface area contributed by atoms with Crippen LogP contribution >= 0.6 is 19.6 Å². The molecule has 37 heavy (non-hydrogen) atoms. The van der Waals surface area contributed by atoms with Gasteiger partial charge in [0.25, 0.3) is 6.35 Å². The van der Waals surface area contributed by atoms with Crippen molar-refractivity contribution in [2.45, 2.75) is 56.3 Å². The van der Waals surface area contributed by atoms with E-state index in [0.717, 1.165) is 25.7 Å². The first-order chi connectivity index (χ1) is 18.0. The Labute approximate surface area is 219 Å². The number of fused-ring (bicyclic) bond motifs is 1. The van der Waals surface area contributed by atoms with E-state index in [4.69, 9.17) is 25.6 Å². The lowest BCUT2D eigenvalue weighted by molar-refractivity contribution is -0.0602. The van der Waals surface area contributed by atoms with E-state index in [1.165, 1.54) is 0 Å². The number of ether oxygens (including phenoxy) is 2. The van der Waals surface area contributed by atoms with Gasteiger partial charge in [-0.05, 0) is 35.6 Å². The Bertz CT molecular complexity index is 1310. The van der Waals surface area contributed by atoms with Crippen LogP contribution in [-0.2, 0) is 14.0 Å². The topological polar surface area (TPSA) is 139 Å². The maximum atomic E-state index is 12.2. The largest absolute Gasteiger partial charge is 0.585 e. The van der Waals surface area contributed by atoms with Crippen LogP contribution in [0, 0.1) is 11.3 Å². The highest BCUT2D eigenvalue weighted by Crippen LogP contribution is 2.38. The first kappa shape index (κ1) is 25.9. The fraction of sp³-hybridized carbons (Fsp3) is 0.440. The summed E-state index contributed by atoms with van der Waals surface area (Å²) in [5, 5.41) is 35.3. The van der Waals surface area contributed by atoms with E-state index < -0.39 is 32.6 Å². The van der Waals surface area contributed by atoms with Gasteiger partial charge < -0.3 is 29.6 Å². The molecule has 3 N–H and O–H groups in total. The average molecular weight is 546 g/mol. The number of aromatic nitrogens is 2. The molecule has 1 unspecified atom stereocenters. The third-order valence-electron chi connectivity index (χ3n) is 6.67. The Morgan fingerprint density at radius 2 is 1.97 bits per heavy atom. The zero-order valence-electron chi connectivity index (χ0n) is 19.9. The van der Waals surface area contributed by atoms with Gasteiger partial charge in [0.2, 0.25) is 0 Å². The van der Waals surface area contributed by atoms with Gasteiger partial charge in [-0.1, -0.05) is 42.6 Å². The Kier molecular flexibility index (Phi) is 7.91. The summed E-state index contributed by atoms with van der Waals surface area (Å²) >= 11 is 6.38. The third-order valence-corrected chi connectivity index (χ3v) is 7.75. The summed E-state index contributed by atoms with van der Waals surface area (Å²) in [6.07, 6.45) is 1.38. The average Bonchev–Trinajstić information content (AvgIpc) is 3.61. The Balaban J connectivity index is 1.29. The van der Waals surface area contributed by atoms with Gasteiger partial charge in [0.05, 0.1) is 12.3 Å². The highest BCUT2D eigenvalue weighted by atomic mass is 35.5. The molecule has 0 amide bonds.